The van der Waals surface area contributed by atoms with Crippen molar-refractivity contribution in [2.75, 3.05) is 27.7 Å². The highest BCUT2D eigenvalue weighted by Crippen LogP contribution is 2.14. The highest BCUT2D eigenvalue weighted by Gasteiger charge is 2.14. The molecule has 0 aliphatic heterocycles. The smallest absolute Gasteiger partial charge is 0.129 e. The summed E-state index contributed by atoms with van der Waals surface area (Å²) >= 11 is 0. The van der Waals surface area contributed by atoms with Gasteiger partial charge in [-0.3, -0.25) is 0 Å². The monoisotopic (exact) mass is 228 g/mol. The van der Waals surface area contributed by atoms with E-state index in [1.54, 1.807) is 7.05 Å². The molecule has 16 heavy (non-hydrogen) atoms. The maximum Gasteiger partial charge on any atom is 0.129 e. The molecule has 4 heteroatoms. The molecule has 0 aromatic heterocycles. The molecular weight excluding hydrogens is 210 g/mol. The number of nitrogens with one attached hydrogen (secondary N) is 1. The van der Waals surface area contributed by atoms with Crippen LogP contribution in [-0.4, -0.2) is 38.6 Å². The van der Waals surface area contributed by atoms with E-state index in [4.69, 9.17) is 0 Å². The molecule has 2 nitrogen and oxygen atoms in total. The fourth-order valence-corrected chi connectivity index (χ4v) is 1.67. The van der Waals surface area contributed by atoms with Gasteiger partial charge in [-0.1, -0.05) is 6.07 Å². The van der Waals surface area contributed by atoms with Crippen LogP contribution >= 0.6 is 0 Å². The zero-order chi connectivity index (χ0) is 12.1. The van der Waals surface area contributed by atoms with Gasteiger partial charge < -0.3 is 10.2 Å². The molecule has 1 aromatic carbocycles. The van der Waals surface area contributed by atoms with Crippen LogP contribution in [0.3, 0.4) is 0 Å². The molecule has 0 bridgehead atoms. The van der Waals surface area contributed by atoms with Crippen LogP contribution in [0.5, 0.6) is 0 Å². The normalized spacial score (nSPS) is 13.1. The summed E-state index contributed by atoms with van der Waals surface area (Å²) in [6, 6.07) is 4.01. The first-order valence-electron chi connectivity index (χ1n) is 5.29. The summed E-state index contributed by atoms with van der Waals surface area (Å²) in [6.45, 7) is 0.740. The molecule has 1 rings (SSSR count). The molecule has 0 saturated heterocycles. The molecule has 90 valence electrons. The van der Waals surface area contributed by atoms with E-state index in [-0.39, 0.29) is 11.6 Å². The summed E-state index contributed by atoms with van der Waals surface area (Å²) in [6.07, 6.45) is 0.354. The fourth-order valence-electron chi connectivity index (χ4n) is 1.67. The van der Waals surface area contributed by atoms with Crippen LogP contribution in [0.4, 0.5) is 8.78 Å². The van der Waals surface area contributed by atoms with Gasteiger partial charge in [0.15, 0.2) is 0 Å². The van der Waals surface area contributed by atoms with Crippen molar-refractivity contribution in [1.82, 2.24) is 10.2 Å². The predicted octanol–water partition coefficient (Wildman–Crippen LogP) is 1.66. The second-order valence-electron chi connectivity index (χ2n) is 4.15. The van der Waals surface area contributed by atoms with E-state index in [0.717, 1.165) is 6.54 Å². The van der Waals surface area contributed by atoms with E-state index >= 15 is 0 Å². The Morgan fingerprint density at radius 1 is 1.25 bits per heavy atom. The third-order valence-corrected chi connectivity index (χ3v) is 2.51. The van der Waals surface area contributed by atoms with Gasteiger partial charge in [0.25, 0.3) is 0 Å². The van der Waals surface area contributed by atoms with Crippen molar-refractivity contribution in [3.05, 3.63) is 35.4 Å². The minimum atomic E-state index is -0.473. The van der Waals surface area contributed by atoms with E-state index in [1.165, 1.54) is 18.2 Å². The van der Waals surface area contributed by atoms with Crippen molar-refractivity contribution in [2.45, 2.75) is 12.5 Å². The third kappa shape index (κ3) is 3.54. The van der Waals surface area contributed by atoms with Crippen LogP contribution in [0.2, 0.25) is 0 Å². The minimum Gasteiger partial charge on any atom is -0.315 e. The molecule has 1 aromatic rings. The molecule has 1 unspecified atom stereocenters. The molecule has 1 N–H and O–H groups in total. The molecule has 0 aliphatic rings. The molecule has 0 spiro atoms. The molecular formula is C12H18F2N2. The summed E-state index contributed by atoms with van der Waals surface area (Å²) in [4.78, 5) is 1.99. The maximum absolute atomic E-state index is 13.4. The molecule has 0 amide bonds. The van der Waals surface area contributed by atoms with Gasteiger partial charge in [0, 0.05) is 18.2 Å². The largest absolute Gasteiger partial charge is 0.315 e. The molecule has 1 atom stereocenters. The van der Waals surface area contributed by atoms with Crippen LogP contribution in [0, 0.1) is 11.6 Å². The predicted molar refractivity (Wildman–Crippen MR) is 61.5 cm³/mol. The van der Waals surface area contributed by atoms with Crippen molar-refractivity contribution in [3.8, 4) is 0 Å². The van der Waals surface area contributed by atoms with Gasteiger partial charge in [0.1, 0.15) is 11.6 Å². The Kier molecular flexibility index (Phi) is 4.83. The minimum absolute atomic E-state index is 0.0430. The lowest BCUT2D eigenvalue weighted by atomic mass is 10.0. The van der Waals surface area contributed by atoms with Crippen molar-refractivity contribution in [1.29, 1.82) is 0 Å². The van der Waals surface area contributed by atoms with E-state index in [1.807, 2.05) is 19.0 Å². The van der Waals surface area contributed by atoms with Crippen LogP contribution in [0.25, 0.3) is 0 Å². The highest BCUT2D eigenvalue weighted by atomic mass is 19.1. The van der Waals surface area contributed by atoms with Crippen LogP contribution in [0.1, 0.15) is 5.56 Å². The number of hydrogen-bond acceptors (Lipinski definition) is 2. The summed E-state index contributed by atoms with van der Waals surface area (Å²) in [5.74, 6) is -0.946. The van der Waals surface area contributed by atoms with E-state index in [0.29, 0.717) is 6.42 Å². The molecule has 0 aliphatic carbocycles. The topological polar surface area (TPSA) is 15.3 Å². The molecule has 0 radical (unpaired) electrons. The summed E-state index contributed by atoms with van der Waals surface area (Å²) in [5.41, 5.74) is 0.156. The first-order valence-corrected chi connectivity index (χ1v) is 5.29. The second kappa shape index (κ2) is 5.92. The van der Waals surface area contributed by atoms with Crippen molar-refractivity contribution in [3.63, 3.8) is 0 Å². The number of nitrogens with zero attached hydrogens (tertiary/aromatic N) is 1. The number of benzene rings is 1. The second-order valence-corrected chi connectivity index (χ2v) is 4.15. The Labute approximate surface area is 95.3 Å². The van der Waals surface area contributed by atoms with Gasteiger partial charge in [0.05, 0.1) is 0 Å². The van der Waals surface area contributed by atoms with Gasteiger partial charge in [-0.25, -0.2) is 8.78 Å². The Hall–Kier alpha value is -1.00. The number of likely N-dealkylation sites (N-methyl/N-ethyl adjacent to an activating group) is 2. The summed E-state index contributed by atoms with van der Waals surface area (Å²) in [7, 11) is 5.66. The Morgan fingerprint density at radius 3 is 2.25 bits per heavy atom. The standard InChI is InChI=1S/C12H18F2N2/c1-15-9(8-16(2)3)7-10-11(13)5-4-6-12(10)14/h4-6,9,15H,7-8H2,1-3H3. The van der Waals surface area contributed by atoms with Gasteiger partial charge in [-0.2, -0.15) is 0 Å². The average molecular weight is 228 g/mol. The third-order valence-electron chi connectivity index (χ3n) is 2.51. The van der Waals surface area contributed by atoms with Crippen molar-refractivity contribution >= 4 is 0 Å². The SMILES string of the molecule is CNC(Cc1c(F)cccc1F)CN(C)C. The Morgan fingerprint density at radius 2 is 1.81 bits per heavy atom. The summed E-state index contributed by atoms with van der Waals surface area (Å²) < 4.78 is 26.8. The lowest BCUT2D eigenvalue weighted by Crippen LogP contribution is -2.38. The average Bonchev–Trinajstić information content (AvgIpc) is 2.21. The Balaban J connectivity index is 2.77. The van der Waals surface area contributed by atoms with Crippen molar-refractivity contribution in [2.24, 2.45) is 0 Å². The lowest BCUT2D eigenvalue weighted by Gasteiger charge is -2.21. The lowest BCUT2D eigenvalue weighted by molar-refractivity contribution is 0.342. The quantitative estimate of drug-likeness (QED) is 0.824. The van der Waals surface area contributed by atoms with Crippen LogP contribution in [0.15, 0.2) is 18.2 Å². The maximum atomic E-state index is 13.4. The number of rotatable bonds is 5. The van der Waals surface area contributed by atoms with Gasteiger partial charge in [-0.05, 0) is 39.7 Å². The highest BCUT2D eigenvalue weighted by molar-refractivity contribution is 5.20. The van der Waals surface area contributed by atoms with E-state index in [2.05, 4.69) is 5.32 Å². The van der Waals surface area contributed by atoms with Crippen LogP contribution in [-0.2, 0) is 6.42 Å². The van der Waals surface area contributed by atoms with Gasteiger partial charge in [-0.15, -0.1) is 0 Å². The molecule has 0 heterocycles. The zero-order valence-corrected chi connectivity index (χ0v) is 9.93. The number of halogens is 2. The van der Waals surface area contributed by atoms with Gasteiger partial charge >= 0.3 is 0 Å². The first-order chi connectivity index (χ1) is 7.54. The fraction of sp³-hybridized carbons (Fsp3) is 0.500. The van der Waals surface area contributed by atoms with E-state index in [9.17, 15) is 8.78 Å². The van der Waals surface area contributed by atoms with Crippen LogP contribution < -0.4 is 5.32 Å². The Bertz CT molecular complexity index is 320. The zero-order valence-electron chi connectivity index (χ0n) is 9.93. The number of hydrogen-bond donors (Lipinski definition) is 1. The molecule has 0 saturated carbocycles. The van der Waals surface area contributed by atoms with Crippen molar-refractivity contribution < 1.29 is 8.78 Å². The summed E-state index contributed by atoms with van der Waals surface area (Å²) in [5, 5.41) is 3.06. The van der Waals surface area contributed by atoms with E-state index < -0.39 is 11.6 Å². The molecule has 0 fully saturated rings. The van der Waals surface area contributed by atoms with Gasteiger partial charge in [0.2, 0.25) is 0 Å². The first kappa shape index (κ1) is 13.1.